The molecule has 0 amide bonds. The minimum atomic E-state index is 0. The molecule has 0 saturated heterocycles. The van der Waals surface area contributed by atoms with Crippen molar-refractivity contribution in [2.75, 3.05) is 6.61 Å². The zero-order valence-electron chi connectivity index (χ0n) is 4.15. The molecule has 0 atom stereocenters. The molecule has 0 unspecified atom stereocenters. The van der Waals surface area contributed by atoms with Gasteiger partial charge in [-0.15, -0.1) is 0 Å². The van der Waals surface area contributed by atoms with E-state index in [0.29, 0.717) is 0 Å². The van der Waals surface area contributed by atoms with Crippen LogP contribution in [-0.4, -0.2) is 28.1 Å². The maximum atomic E-state index is 7.57. The van der Waals surface area contributed by atoms with E-state index in [-0.39, 0.29) is 48.9 Å². The normalized spacial score (nSPS) is 2.57. The minimum Gasteiger partial charge on any atom is -0.412 e. The van der Waals surface area contributed by atoms with Gasteiger partial charge in [0.25, 0.3) is 0 Å². The third kappa shape index (κ3) is 295. The van der Waals surface area contributed by atoms with E-state index in [1.807, 2.05) is 0 Å². The quantitative estimate of drug-likeness (QED) is 0.486. The van der Waals surface area contributed by atoms with Gasteiger partial charge in [-0.25, -0.2) is 0 Å². The molecule has 0 fully saturated rings. The van der Waals surface area contributed by atoms with E-state index in [9.17, 15) is 0 Å². The topological polar surface area (TPSA) is 115 Å². The smallest absolute Gasteiger partial charge is 0.0402 e. The van der Waals surface area contributed by atoms with Crippen molar-refractivity contribution in [2.24, 2.45) is 0 Å². The van der Waals surface area contributed by atoms with E-state index >= 15 is 0 Å². The summed E-state index contributed by atoms with van der Waals surface area (Å²) in [6.07, 6.45) is 0. The maximum absolute atomic E-state index is 7.57. The molecule has 0 aliphatic rings. The van der Waals surface area contributed by atoms with Crippen molar-refractivity contribution in [3.63, 3.8) is 0 Å². The summed E-state index contributed by atoms with van der Waals surface area (Å²) in [5.74, 6) is 0. The van der Waals surface area contributed by atoms with Crippen LogP contribution in [0.3, 0.4) is 0 Å². The monoisotopic (exact) mass is 280 g/mol. The van der Waals surface area contributed by atoms with Crippen LogP contribution in [-0.2, 0) is 25.8 Å². The largest absolute Gasteiger partial charge is 0.412 e. The molecule has 0 rings (SSSR count). The second-order valence-corrected chi connectivity index (χ2v) is 0.316. The van der Waals surface area contributed by atoms with Gasteiger partial charge in [0.05, 0.1) is 0 Å². The van der Waals surface area contributed by atoms with Gasteiger partial charge in [-0.05, 0) is 6.92 Å². The Kier molecular flexibility index (Phi) is 505. The second kappa shape index (κ2) is 74.8. The van der Waals surface area contributed by atoms with Gasteiger partial charge in [0, 0.05) is 32.5 Å². The van der Waals surface area contributed by atoms with Crippen LogP contribution in [0.25, 0.3) is 0 Å². The molecule has 0 saturated carbocycles. The van der Waals surface area contributed by atoms with Gasteiger partial charge in [-0.2, -0.15) is 0 Å². The van der Waals surface area contributed by atoms with E-state index in [1.165, 1.54) is 0 Å². The summed E-state index contributed by atoms with van der Waals surface area (Å²) in [5.41, 5.74) is 0. The van der Waals surface area contributed by atoms with Gasteiger partial charge < -0.3 is 21.5 Å². The fraction of sp³-hybridized carbons (Fsp3) is 1.00. The van der Waals surface area contributed by atoms with Crippen molar-refractivity contribution in [2.45, 2.75) is 6.92 Å². The summed E-state index contributed by atoms with van der Waals surface area (Å²) in [6, 6.07) is 0. The first-order valence-corrected chi connectivity index (χ1v) is 1.02. The molecular formula is C2H12HfO4. The average molecular weight is 279 g/mol. The molecule has 0 aromatic heterocycles. The van der Waals surface area contributed by atoms with Crippen LogP contribution in [0.15, 0.2) is 0 Å². The van der Waals surface area contributed by atoms with Crippen LogP contribution >= 0.6 is 0 Å². The molecule has 0 spiro atoms. The molecule has 5 heteroatoms. The molecule has 0 heterocycles. The van der Waals surface area contributed by atoms with Crippen LogP contribution in [0, 0.1) is 0 Å². The predicted octanol–water partition coefficient (Wildman–Crippen LogP) is -2.48. The Hall–Kier alpha value is 0.710. The molecule has 0 aliphatic carbocycles. The maximum Gasteiger partial charge on any atom is 0.0402 e. The zero-order chi connectivity index (χ0) is 2.71. The Balaban J connectivity index is -0.00000000333. The van der Waals surface area contributed by atoms with Crippen molar-refractivity contribution in [3.05, 3.63) is 0 Å². The molecular weight excluding hydrogens is 267 g/mol. The fourth-order valence-electron chi connectivity index (χ4n) is 0. The van der Waals surface area contributed by atoms with Gasteiger partial charge in [0.15, 0.2) is 0 Å². The third-order valence-electron chi connectivity index (χ3n) is 0. The summed E-state index contributed by atoms with van der Waals surface area (Å²) in [5, 5.41) is 7.57. The van der Waals surface area contributed by atoms with Crippen molar-refractivity contribution >= 4 is 0 Å². The van der Waals surface area contributed by atoms with E-state index in [4.69, 9.17) is 5.11 Å². The molecule has 0 aliphatic heterocycles. The Morgan fingerprint density at radius 1 is 1.14 bits per heavy atom. The Bertz CT molecular complexity index is 9.65. The van der Waals surface area contributed by atoms with E-state index in [1.54, 1.807) is 6.92 Å². The first-order chi connectivity index (χ1) is 1.41. The molecule has 0 bridgehead atoms. The third-order valence-corrected chi connectivity index (χ3v) is 0. The van der Waals surface area contributed by atoms with E-state index in [0.717, 1.165) is 0 Å². The minimum absolute atomic E-state index is 0. The molecule has 0 aromatic rings. The molecule has 48 valence electrons. The first-order valence-electron chi connectivity index (χ1n) is 1.02. The van der Waals surface area contributed by atoms with Crippen molar-refractivity contribution < 1.29 is 47.4 Å². The van der Waals surface area contributed by atoms with Crippen LogP contribution in [0.1, 0.15) is 6.92 Å². The number of rotatable bonds is 0. The SMILES string of the molecule is CCO.O.O.O.[Hf]. The summed E-state index contributed by atoms with van der Waals surface area (Å²) in [7, 11) is 0. The standard InChI is InChI=1S/C2H6O.Hf.3H2O/c1-2-3;;;;/h3H,2H2,1H3;;3*1H2. The van der Waals surface area contributed by atoms with Crippen molar-refractivity contribution in [1.82, 2.24) is 0 Å². The Morgan fingerprint density at radius 3 is 1.14 bits per heavy atom. The molecule has 4 nitrogen and oxygen atoms in total. The molecule has 0 radical (unpaired) electrons. The number of hydrogen-bond acceptors (Lipinski definition) is 1. The molecule has 0 aromatic carbocycles. The van der Waals surface area contributed by atoms with Crippen LogP contribution in [0.4, 0.5) is 0 Å². The summed E-state index contributed by atoms with van der Waals surface area (Å²) >= 11 is 0. The van der Waals surface area contributed by atoms with Gasteiger partial charge in [0.2, 0.25) is 0 Å². The van der Waals surface area contributed by atoms with Crippen molar-refractivity contribution in [1.29, 1.82) is 0 Å². The Labute approximate surface area is 61.2 Å². The predicted molar refractivity (Wildman–Crippen MR) is 23.6 cm³/mol. The summed E-state index contributed by atoms with van der Waals surface area (Å²) in [6.45, 7) is 1.93. The van der Waals surface area contributed by atoms with Crippen molar-refractivity contribution in [3.8, 4) is 0 Å². The first kappa shape index (κ1) is 47.3. The fourth-order valence-corrected chi connectivity index (χ4v) is 0. The van der Waals surface area contributed by atoms with Crippen LogP contribution < -0.4 is 0 Å². The van der Waals surface area contributed by atoms with Gasteiger partial charge >= 0.3 is 0 Å². The summed E-state index contributed by atoms with van der Waals surface area (Å²) < 4.78 is 0. The second-order valence-electron chi connectivity index (χ2n) is 0.316. The molecule has 7 heavy (non-hydrogen) atoms. The van der Waals surface area contributed by atoms with E-state index in [2.05, 4.69) is 0 Å². The summed E-state index contributed by atoms with van der Waals surface area (Å²) in [4.78, 5) is 0. The number of hydrogen-bond donors (Lipinski definition) is 1. The number of aliphatic hydroxyl groups excluding tert-OH is 1. The van der Waals surface area contributed by atoms with Gasteiger partial charge in [-0.3, -0.25) is 0 Å². The molecule has 7 N–H and O–H groups in total. The van der Waals surface area contributed by atoms with Crippen LogP contribution in [0.5, 0.6) is 0 Å². The van der Waals surface area contributed by atoms with Crippen LogP contribution in [0.2, 0.25) is 0 Å². The van der Waals surface area contributed by atoms with Gasteiger partial charge in [0.1, 0.15) is 0 Å². The zero-order valence-corrected chi connectivity index (χ0v) is 7.75. The Morgan fingerprint density at radius 2 is 1.14 bits per heavy atom. The average Bonchev–Trinajstić information content (AvgIpc) is 0.918. The van der Waals surface area contributed by atoms with Gasteiger partial charge in [-0.1, -0.05) is 0 Å². The van der Waals surface area contributed by atoms with E-state index < -0.39 is 0 Å². The number of aliphatic hydroxyl groups is 1.